The van der Waals surface area contributed by atoms with Crippen LogP contribution in [0, 0.1) is 11.8 Å². The van der Waals surface area contributed by atoms with Gasteiger partial charge in [-0.15, -0.1) is 0 Å². The van der Waals surface area contributed by atoms with E-state index in [0.29, 0.717) is 17.3 Å². The number of hydrogen-bond acceptors (Lipinski definition) is 4. The molecule has 7 heteroatoms. The average Bonchev–Trinajstić information content (AvgIpc) is 3.16. The Kier molecular flexibility index (Phi) is 5.22. The van der Waals surface area contributed by atoms with Gasteiger partial charge in [0.1, 0.15) is 12.7 Å². The number of anilines is 1. The molecule has 0 bridgehead atoms. The number of hydrogen-bond donors (Lipinski definition) is 1. The maximum atomic E-state index is 12.6. The summed E-state index contributed by atoms with van der Waals surface area (Å²) in [4.78, 5) is 18.9. The second kappa shape index (κ2) is 7.76. The van der Waals surface area contributed by atoms with Crippen molar-refractivity contribution < 1.29 is 4.79 Å². The molecule has 1 saturated carbocycles. The summed E-state index contributed by atoms with van der Waals surface area (Å²) in [5.74, 6) is 1.62. The summed E-state index contributed by atoms with van der Waals surface area (Å²) in [6.07, 6.45) is 9.69. The van der Waals surface area contributed by atoms with E-state index in [-0.39, 0.29) is 5.91 Å². The van der Waals surface area contributed by atoms with E-state index in [1.54, 1.807) is 23.1 Å². The molecule has 0 unspecified atom stereocenters. The highest BCUT2D eigenvalue weighted by molar-refractivity contribution is 6.31. The lowest BCUT2D eigenvalue weighted by molar-refractivity contribution is -0.118. The predicted octanol–water partition coefficient (Wildman–Crippen LogP) is 3.37. The minimum absolute atomic E-state index is 0.0112. The summed E-state index contributed by atoms with van der Waals surface area (Å²) >= 11 is 6.12. The van der Waals surface area contributed by atoms with Gasteiger partial charge in [-0.2, -0.15) is 5.10 Å². The van der Waals surface area contributed by atoms with Crippen molar-refractivity contribution in [2.24, 2.45) is 11.8 Å². The van der Waals surface area contributed by atoms with E-state index in [4.69, 9.17) is 11.6 Å². The van der Waals surface area contributed by atoms with E-state index in [1.807, 2.05) is 6.07 Å². The van der Waals surface area contributed by atoms with Crippen LogP contribution in [0.3, 0.4) is 0 Å². The topological polar surface area (TPSA) is 63.1 Å². The Morgan fingerprint density at radius 3 is 2.88 bits per heavy atom. The number of likely N-dealkylation sites (tertiary alicyclic amines) is 1. The van der Waals surface area contributed by atoms with Crippen molar-refractivity contribution in [2.45, 2.75) is 32.1 Å². The number of benzene rings is 1. The molecule has 1 aliphatic heterocycles. The van der Waals surface area contributed by atoms with Crippen LogP contribution in [0.1, 0.15) is 32.1 Å². The van der Waals surface area contributed by atoms with Gasteiger partial charge in [0.25, 0.3) is 0 Å². The molecule has 1 amide bonds. The number of fused-ring (bicyclic) bond motifs is 1. The van der Waals surface area contributed by atoms with Gasteiger partial charge >= 0.3 is 0 Å². The minimum Gasteiger partial charge on any atom is -0.323 e. The number of rotatable bonds is 4. The number of aromatic nitrogens is 3. The SMILES string of the molecule is O=C(CN1CC[C@H]2CCCC[C@H]2C1)Nc1cc(Cl)ccc1-n1cncn1. The minimum atomic E-state index is -0.0112. The number of halogens is 1. The third-order valence-corrected chi connectivity index (χ3v) is 5.88. The number of nitrogens with one attached hydrogen (secondary N) is 1. The summed E-state index contributed by atoms with van der Waals surface area (Å²) in [5, 5.41) is 7.73. The number of amides is 1. The normalized spacial score (nSPS) is 23.4. The van der Waals surface area contributed by atoms with Crippen molar-refractivity contribution in [3.05, 3.63) is 35.9 Å². The van der Waals surface area contributed by atoms with Crippen molar-refractivity contribution in [3.63, 3.8) is 0 Å². The first-order valence-electron chi connectivity index (χ1n) is 9.36. The molecule has 2 aromatic rings. The standard InChI is InChI=1S/C19H24ClN5O/c20-16-5-6-18(25-13-21-12-22-25)17(9-16)23-19(26)11-24-8-7-14-3-1-2-4-15(14)10-24/h5-6,9,12-15H,1-4,7-8,10-11H2,(H,23,26)/t14-,15+/m1/s1. The average molecular weight is 374 g/mol. The summed E-state index contributed by atoms with van der Waals surface area (Å²) in [6, 6.07) is 5.37. The molecular weight excluding hydrogens is 350 g/mol. The van der Waals surface area contributed by atoms with Crippen LogP contribution >= 0.6 is 11.6 Å². The van der Waals surface area contributed by atoms with Gasteiger partial charge in [0.15, 0.2) is 0 Å². The number of carbonyl (C=O) groups excluding carboxylic acids is 1. The van der Waals surface area contributed by atoms with Crippen LogP contribution in [0.4, 0.5) is 5.69 Å². The largest absolute Gasteiger partial charge is 0.323 e. The van der Waals surface area contributed by atoms with E-state index in [1.165, 1.54) is 38.4 Å². The van der Waals surface area contributed by atoms with Crippen LogP contribution in [-0.2, 0) is 4.79 Å². The van der Waals surface area contributed by atoms with E-state index in [0.717, 1.165) is 30.6 Å². The maximum absolute atomic E-state index is 12.6. The third-order valence-electron chi connectivity index (χ3n) is 5.64. The molecule has 1 saturated heterocycles. The molecule has 2 aliphatic rings. The quantitative estimate of drug-likeness (QED) is 0.892. The van der Waals surface area contributed by atoms with Gasteiger partial charge in [-0.25, -0.2) is 9.67 Å². The summed E-state index contributed by atoms with van der Waals surface area (Å²) in [7, 11) is 0. The van der Waals surface area contributed by atoms with Crippen LogP contribution in [0.5, 0.6) is 0 Å². The van der Waals surface area contributed by atoms with Crippen LogP contribution in [0.25, 0.3) is 5.69 Å². The lowest BCUT2D eigenvalue weighted by Crippen LogP contribution is -2.44. The van der Waals surface area contributed by atoms with Crippen molar-refractivity contribution in [3.8, 4) is 5.69 Å². The Labute approximate surface area is 158 Å². The van der Waals surface area contributed by atoms with E-state index < -0.39 is 0 Å². The molecule has 1 N–H and O–H groups in total. The Hall–Kier alpha value is -1.92. The smallest absolute Gasteiger partial charge is 0.238 e. The predicted molar refractivity (Wildman–Crippen MR) is 102 cm³/mol. The van der Waals surface area contributed by atoms with E-state index in [2.05, 4.69) is 20.3 Å². The second-order valence-electron chi connectivity index (χ2n) is 7.38. The van der Waals surface area contributed by atoms with Gasteiger partial charge in [-0.1, -0.05) is 30.9 Å². The molecular formula is C19H24ClN5O. The van der Waals surface area contributed by atoms with E-state index >= 15 is 0 Å². The third kappa shape index (κ3) is 3.91. The molecule has 0 spiro atoms. The van der Waals surface area contributed by atoms with Crippen molar-refractivity contribution in [2.75, 3.05) is 25.0 Å². The molecule has 2 heterocycles. The van der Waals surface area contributed by atoms with Crippen molar-refractivity contribution >= 4 is 23.2 Å². The zero-order chi connectivity index (χ0) is 17.9. The number of nitrogens with zero attached hydrogens (tertiary/aromatic N) is 4. The van der Waals surface area contributed by atoms with Gasteiger partial charge in [0.05, 0.1) is 17.9 Å². The van der Waals surface area contributed by atoms with Gasteiger partial charge in [-0.05, 0) is 49.4 Å². The van der Waals surface area contributed by atoms with Crippen LogP contribution in [-0.4, -0.2) is 45.2 Å². The van der Waals surface area contributed by atoms with Crippen LogP contribution < -0.4 is 5.32 Å². The van der Waals surface area contributed by atoms with E-state index in [9.17, 15) is 4.79 Å². The fraction of sp³-hybridized carbons (Fsp3) is 0.526. The molecule has 2 fully saturated rings. The molecule has 26 heavy (non-hydrogen) atoms. The first kappa shape index (κ1) is 17.5. The molecule has 4 rings (SSSR count). The molecule has 138 valence electrons. The first-order chi connectivity index (χ1) is 12.7. The zero-order valence-corrected chi connectivity index (χ0v) is 15.5. The van der Waals surface area contributed by atoms with Crippen molar-refractivity contribution in [1.82, 2.24) is 19.7 Å². The number of carbonyl (C=O) groups is 1. The molecule has 1 aromatic heterocycles. The molecule has 2 atom stereocenters. The fourth-order valence-electron chi connectivity index (χ4n) is 4.35. The maximum Gasteiger partial charge on any atom is 0.238 e. The van der Waals surface area contributed by atoms with Gasteiger partial charge in [-0.3, -0.25) is 9.69 Å². The monoisotopic (exact) mass is 373 g/mol. The first-order valence-corrected chi connectivity index (χ1v) is 9.73. The Morgan fingerprint density at radius 1 is 1.23 bits per heavy atom. The lowest BCUT2D eigenvalue weighted by atomic mass is 9.75. The second-order valence-corrected chi connectivity index (χ2v) is 7.81. The zero-order valence-electron chi connectivity index (χ0n) is 14.8. The lowest BCUT2D eigenvalue weighted by Gasteiger charge is -2.41. The highest BCUT2D eigenvalue weighted by Crippen LogP contribution is 2.36. The Balaban J connectivity index is 1.41. The van der Waals surface area contributed by atoms with Crippen LogP contribution in [0.2, 0.25) is 5.02 Å². The van der Waals surface area contributed by atoms with Crippen LogP contribution in [0.15, 0.2) is 30.9 Å². The van der Waals surface area contributed by atoms with Gasteiger partial charge < -0.3 is 5.32 Å². The Morgan fingerprint density at radius 2 is 2.08 bits per heavy atom. The number of piperidine rings is 1. The fourth-order valence-corrected chi connectivity index (χ4v) is 4.53. The van der Waals surface area contributed by atoms with Crippen molar-refractivity contribution in [1.29, 1.82) is 0 Å². The van der Waals surface area contributed by atoms with Gasteiger partial charge in [0, 0.05) is 11.6 Å². The molecule has 0 radical (unpaired) electrons. The van der Waals surface area contributed by atoms with Gasteiger partial charge in [0.2, 0.25) is 5.91 Å². The highest BCUT2D eigenvalue weighted by Gasteiger charge is 2.31. The molecule has 1 aromatic carbocycles. The summed E-state index contributed by atoms with van der Waals surface area (Å²) in [5.41, 5.74) is 1.41. The summed E-state index contributed by atoms with van der Waals surface area (Å²) in [6.45, 7) is 2.48. The summed E-state index contributed by atoms with van der Waals surface area (Å²) < 4.78 is 1.62. The highest BCUT2D eigenvalue weighted by atomic mass is 35.5. The Bertz CT molecular complexity index is 763. The molecule has 1 aliphatic carbocycles. The molecule has 6 nitrogen and oxygen atoms in total.